The van der Waals surface area contributed by atoms with Crippen molar-refractivity contribution in [1.82, 2.24) is 4.90 Å². The highest BCUT2D eigenvalue weighted by molar-refractivity contribution is 9.10. The number of nitrogens with two attached hydrogens (primary N) is 1. The third kappa shape index (κ3) is 4.03. The van der Waals surface area contributed by atoms with Crippen molar-refractivity contribution in [2.45, 2.75) is 0 Å². The molecular formula is C17H20BrN3. The van der Waals surface area contributed by atoms with Crippen LogP contribution in [-0.2, 0) is 0 Å². The van der Waals surface area contributed by atoms with E-state index in [1.165, 1.54) is 5.57 Å². The van der Waals surface area contributed by atoms with E-state index in [0.717, 1.165) is 28.1 Å². The van der Waals surface area contributed by atoms with E-state index in [4.69, 9.17) is 5.73 Å². The minimum absolute atomic E-state index is 0.771. The van der Waals surface area contributed by atoms with Crippen molar-refractivity contribution in [3.05, 3.63) is 64.0 Å². The number of likely N-dealkylation sites (N-methyl/N-ethyl adjacent to an activating group) is 2. The lowest BCUT2D eigenvalue weighted by molar-refractivity contribution is 0.531. The number of anilines is 2. The molecule has 0 saturated heterocycles. The van der Waals surface area contributed by atoms with Crippen molar-refractivity contribution >= 4 is 27.3 Å². The summed E-state index contributed by atoms with van der Waals surface area (Å²) in [6.45, 7) is 0.793. The van der Waals surface area contributed by atoms with Crippen LogP contribution < -0.4 is 10.6 Å². The van der Waals surface area contributed by atoms with E-state index >= 15 is 0 Å². The Morgan fingerprint density at radius 2 is 1.95 bits per heavy atom. The average Bonchev–Trinajstić information content (AvgIpc) is 2.64. The number of nitrogens with zero attached hydrogens (tertiary/aromatic N) is 2. The van der Waals surface area contributed by atoms with E-state index in [1.54, 1.807) is 0 Å². The van der Waals surface area contributed by atoms with E-state index in [0.29, 0.717) is 0 Å². The molecule has 0 heterocycles. The summed E-state index contributed by atoms with van der Waals surface area (Å²) in [6, 6.07) is 5.96. The van der Waals surface area contributed by atoms with Crippen molar-refractivity contribution in [3.63, 3.8) is 0 Å². The Labute approximate surface area is 134 Å². The Morgan fingerprint density at radius 1 is 1.19 bits per heavy atom. The first-order valence-corrected chi connectivity index (χ1v) is 7.54. The average molecular weight is 346 g/mol. The number of hydrogen-bond acceptors (Lipinski definition) is 3. The number of hydrogen-bond donors (Lipinski definition) is 1. The lowest BCUT2D eigenvalue weighted by atomic mass is 10.2. The molecule has 2 N–H and O–H groups in total. The number of benzene rings is 1. The quantitative estimate of drug-likeness (QED) is 0.668. The molecule has 0 spiro atoms. The molecule has 1 aromatic carbocycles. The summed E-state index contributed by atoms with van der Waals surface area (Å²) in [5.74, 6) is 0. The van der Waals surface area contributed by atoms with Crippen LogP contribution in [0.3, 0.4) is 0 Å². The van der Waals surface area contributed by atoms with Crippen LogP contribution >= 0.6 is 15.9 Å². The molecule has 0 atom stereocenters. The smallest absolute Gasteiger partial charge is 0.0794 e. The number of halogens is 1. The molecule has 0 saturated carbocycles. The Kier molecular flexibility index (Phi) is 4.94. The van der Waals surface area contributed by atoms with E-state index in [2.05, 4.69) is 44.8 Å². The summed E-state index contributed by atoms with van der Waals surface area (Å²) < 4.78 is 0.994. The van der Waals surface area contributed by atoms with Crippen LogP contribution in [0.1, 0.15) is 0 Å². The van der Waals surface area contributed by atoms with Gasteiger partial charge in [-0.1, -0.05) is 27.7 Å². The first kappa shape index (κ1) is 15.5. The molecule has 3 nitrogen and oxygen atoms in total. The van der Waals surface area contributed by atoms with Gasteiger partial charge in [0.25, 0.3) is 0 Å². The minimum Gasteiger partial charge on any atom is -0.397 e. The maximum atomic E-state index is 6.08. The fourth-order valence-electron chi connectivity index (χ4n) is 2.14. The molecule has 1 aliphatic carbocycles. The van der Waals surface area contributed by atoms with E-state index < -0.39 is 0 Å². The lowest BCUT2D eigenvalue weighted by Crippen LogP contribution is -2.20. The van der Waals surface area contributed by atoms with Crippen LogP contribution in [0.2, 0.25) is 0 Å². The molecule has 110 valence electrons. The van der Waals surface area contributed by atoms with Gasteiger partial charge in [0.05, 0.1) is 17.1 Å². The topological polar surface area (TPSA) is 32.5 Å². The van der Waals surface area contributed by atoms with E-state index in [9.17, 15) is 0 Å². The Balaban J connectivity index is 2.11. The molecule has 1 aromatic rings. The molecule has 21 heavy (non-hydrogen) atoms. The molecular weight excluding hydrogens is 326 g/mol. The summed E-state index contributed by atoms with van der Waals surface area (Å²) in [5.41, 5.74) is 13.4. The zero-order valence-electron chi connectivity index (χ0n) is 12.6. The largest absolute Gasteiger partial charge is 0.397 e. The Bertz CT molecular complexity index is 650. The highest BCUT2D eigenvalue weighted by Gasteiger charge is 2.07. The van der Waals surface area contributed by atoms with Gasteiger partial charge in [0.15, 0.2) is 0 Å². The van der Waals surface area contributed by atoms with Gasteiger partial charge >= 0.3 is 0 Å². The maximum Gasteiger partial charge on any atom is 0.0794 e. The molecule has 1 aliphatic rings. The van der Waals surface area contributed by atoms with Crippen LogP contribution in [0.15, 0.2) is 64.0 Å². The predicted octanol–water partition coefficient (Wildman–Crippen LogP) is 3.56. The number of nitrogen functional groups attached to an aromatic ring is 1. The minimum atomic E-state index is 0.771. The van der Waals surface area contributed by atoms with Crippen molar-refractivity contribution in [3.8, 4) is 0 Å². The van der Waals surface area contributed by atoms with Gasteiger partial charge in [0.2, 0.25) is 0 Å². The lowest BCUT2D eigenvalue weighted by Gasteiger charge is -2.21. The summed E-state index contributed by atoms with van der Waals surface area (Å²) in [5, 5.41) is 0. The normalized spacial score (nSPS) is 13.5. The predicted molar refractivity (Wildman–Crippen MR) is 94.3 cm³/mol. The Hall–Kier alpha value is -1.90. The van der Waals surface area contributed by atoms with Gasteiger partial charge in [0, 0.05) is 32.2 Å². The summed E-state index contributed by atoms with van der Waals surface area (Å²) >= 11 is 3.43. The summed E-state index contributed by atoms with van der Waals surface area (Å²) in [4.78, 5) is 4.19. The molecule has 0 amide bonds. The first-order valence-electron chi connectivity index (χ1n) is 6.75. The second-order valence-electron chi connectivity index (χ2n) is 5.22. The van der Waals surface area contributed by atoms with Gasteiger partial charge < -0.3 is 15.5 Å². The van der Waals surface area contributed by atoms with Crippen molar-refractivity contribution in [2.24, 2.45) is 0 Å². The summed E-state index contributed by atoms with van der Waals surface area (Å²) in [6.07, 6.45) is 8.24. The van der Waals surface area contributed by atoms with Crippen molar-refractivity contribution < 1.29 is 0 Å². The van der Waals surface area contributed by atoms with Crippen LogP contribution in [0.5, 0.6) is 0 Å². The maximum absolute atomic E-state index is 6.08. The van der Waals surface area contributed by atoms with Crippen LogP contribution in [0.4, 0.5) is 11.4 Å². The molecule has 0 fully saturated rings. The van der Waals surface area contributed by atoms with Crippen molar-refractivity contribution in [2.75, 3.05) is 38.3 Å². The second-order valence-corrected chi connectivity index (χ2v) is 6.14. The number of rotatable bonds is 4. The highest BCUT2D eigenvalue weighted by Crippen LogP contribution is 2.26. The molecule has 0 unspecified atom stereocenters. The van der Waals surface area contributed by atoms with Gasteiger partial charge in [-0.05, 0) is 42.0 Å². The Morgan fingerprint density at radius 3 is 2.62 bits per heavy atom. The van der Waals surface area contributed by atoms with E-state index in [1.807, 2.05) is 50.3 Å². The van der Waals surface area contributed by atoms with Gasteiger partial charge in [-0.15, -0.1) is 0 Å². The summed E-state index contributed by atoms with van der Waals surface area (Å²) in [7, 11) is 6.07. The van der Waals surface area contributed by atoms with Crippen LogP contribution in [0, 0.1) is 0 Å². The van der Waals surface area contributed by atoms with Crippen LogP contribution in [-0.4, -0.2) is 32.6 Å². The fraction of sp³-hybridized carbons (Fsp3) is 0.235. The van der Waals surface area contributed by atoms with Gasteiger partial charge in [-0.25, -0.2) is 0 Å². The van der Waals surface area contributed by atoms with Gasteiger partial charge in [0.1, 0.15) is 0 Å². The third-order valence-corrected chi connectivity index (χ3v) is 3.78. The third-order valence-electron chi connectivity index (χ3n) is 3.29. The zero-order chi connectivity index (χ0) is 15.4. The van der Waals surface area contributed by atoms with Crippen LogP contribution in [0.25, 0.3) is 0 Å². The van der Waals surface area contributed by atoms with Gasteiger partial charge in [-0.3, -0.25) is 0 Å². The zero-order valence-corrected chi connectivity index (χ0v) is 14.2. The van der Waals surface area contributed by atoms with Crippen molar-refractivity contribution in [1.29, 1.82) is 0 Å². The molecule has 0 aromatic heterocycles. The molecule has 4 heteroatoms. The molecule has 2 rings (SSSR count). The molecule has 0 bridgehead atoms. The van der Waals surface area contributed by atoms with E-state index in [-0.39, 0.29) is 0 Å². The fourth-order valence-corrected chi connectivity index (χ4v) is 2.52. The monoisotopic (exact) mass is 345 g/mol. The number of allylic oxidation sites excluding steroid dienone is 2. The first-order chi connectivity index (χ1) is 9.97. The van der Waals surface area contributed by atoms with Gasteiger partial charge in [-0.2, -0.15) is 0 Å². The standard InChI is InChI=1S/C17H20BrN3/c1-20(2)15-6-4-5-13(7-9-15)12-21(3)17-10-8-14(18)11-16(17)19/h4-5,7-11H,12,19H2,1-3H3. The SMILES string of the molecule is CN(C)C1=C=CC=C(CN(C)c2ccc(Br)cc2N)C=C1. The molecule has 0 radical (unpaired) electrons. The highest BCUT2D eigenvalue weighted by atomic mass is 79.9. The molecule has 0 aliphatic heterocycles. The second kappa shape index (κ2) is 6.70.